The van der Waals surface area contributed by atoms with Gasteiger partial charge in [0.25, 0.3) is 11.8 Å². The van der Waals surface area contributed by atoms with Crippen LogP contribution in [0.4, 0.5) is 10.7 Å². The van der Waals surface area contributed by atoms with Crippen LogP contribution < -0.4 is 10.6 Å². The first kappa shape index (κ1) is 23.6. The maximum atomic E-state index is 12.8. The number of nitrogens with one attached hydrogen (secondary N) is 2. The number of anilines is 2. The van der Waals surface area contributed by atoms with E-state index >= 15 is 0 Å². The van der Waals surface area contributed by atoms with Gasteiger partial charge in [-0.1, -0.05) is 24.3 Å². The first-order chi connectivity index (χ1) is 15.9. The lowest BCUT2D eigenvalue weighted by atomic mass is 10.1. The van der Waals surface area contributed by atoms with Crippen molar-refractivity contribution in [2.24, 2.45) is 0 Å². The Kier molecular flexibility index (Phi) is 7.87. The number of para-hydroxylation sites is 1. The van der Waals surface area contributed by atoms with Crippen LogP contribution in [0, 0.1) is 6.92 Å². The molecule has 33 heavy (non-hydrogen) atoms. The fraction of sp³-hybridized carbons (Fsp3) is 0.174. The average molecular weight is 468 g/mol. The van der Waals surface area contributed by atoms with Crippen LogP contribution in [0.3, 0.4) is 0 Å². The summed E-state index contributed by atoms with van der Waals surface area (Å²) >= 11 is 0.929. The smallest absolute Gasteiger partial charge is 0.357 e. The molecule has 2 aromatic heterocycles. The van der Waals surface area contributed by atoms with E-state index in [1.54, 1.807) is 50.2 Å². The van der Waals surface area contributed by atoms with Gasteiger partial charge in [-0.25, -0.2) is 14.6 Å². The lowest BCUT2D eigenvalue weighted by Gasteiger charge is -2.07. The molecule has 0 fully saturated rings. The van der Waals surface area contributed by atoms with Gasteiger partial charge in [0.1, 0.15) is 10.7 Å². The number of benzene rings is 1. The molecule has 2 amide bonds. The molecule has 0 unspecified atom stereocenters. The van der Waals surface area contributed by atoms with Gasteiger partial charge in [-0.15, -0.1) is 11.3 Å². The predicted octanol–water partition coefficient (Wildman–Crippen LogP) is 3.68. The molecule has 0 saturated heterocycles. The topological polar surface area (TPSA) is 124 Å². The minimum atomic E-state index is -0.762. The van der Waals surface area contributed by atoms with E-state index in [4.69, 9.17) is 9.47 Å². The van der Waals surface area contributed by atoms with Crippen molar-refractivity contribution in [3.63, 3.8) is 0 Å². The molecule has 3 aromatic rings. The van der Waals surface area contributed by atoms with E-state index < -0.39 is 30.4 Å². The van der Waals surface area contributed by atoms with Crippen LogP contribution in [0.5, 0.6) is 0 Å². The lowest BCUT2D eigenvalue weighted by molar-refractivity contribution is -0.119. The minimum absolute atomic E-state index is 0.0596. The van der Waals surface area contributed by atoms with Gasteiger partial charge in [-0.2, -0.15) is 0 Å². The highest BCUT2D eigenvalue weighted by molar-refractivity contribution is 7.19. The SMILES string of the molecule is CCOC(=O)c1c(NC(=O)COC(=O)c2ccccn2)sc(C(=O)Nc2ccccc2)c1C. The number of aromatic nitrogens is 1. The third kappa shape index (κ3) is 6.01. The Balaban J connectivity index is 1.77. The Morgan fingerprint density at radius 3 is 2.33 bits per heavy atom. The molecule has 0 saturated carbocycles. The zero-order valence-corrected chi connectivity index (χ0v) is 18.7. The third-order valence-corrected chi connectivity index (χ3v) is 5.53. The van der Waals surface area contributed by atoms with Crippen molar-refractivity contribution in [3.8, 4) is 0 Å². The average Bonchev–Trinajstić information content (AvgIpc) is 3.14. The molecule has 0 aliphatic rings. The molecule has 0 atom stereocenters. The zero-order chi connectivity index (χ0) is 23.8. The van der Waals surface area contributed by atoms with E-state index in [-0.39, 0.29) is 27.7 Å². The summed E-state index contributed by atoms with van der Waals surface area (Å²) in [4.78, 5) is 53.8. The Morgan fingerprint density at radius 1 is 0.939 bits per heavy atom. The molecular weight excluding hydrogens is 446 g/mol. The van der Waals surface area contributed by atoms with E-state index in [9.17, 15) is 19.2 Å². The first-order valence-corrected chi connectivity index (χ1v) is 10.8. The molecule has 0 bridgehead atoms. The Hall–Kier alpha value is -4.05. The highest BCUT2D eigenvalue weighted by Crippen LogP contribution is 2.34. The summed E-state index contributed by atoms with van der Waals surface area (Å²) in [6.07, 6.45) is 1.43. The first-order valence-electron chi connectivity index (χ1n) is 9.95. The van der Waals surface area contributed by atoms with Crippen molar-refractivity contribution in [1.82, 2.24) is 4.98 Å². The number of carbonyl (C=O) groups is 4. The van der Waals surface area contributed by atoms with Crippen LogP contribution in [-0.2, 0) is 14.3 Å². The maximum Gasteiger partial charge on any atom is 0.357 e. The van der Waals surface area contributed by atoms with Gasteiger partial charge in [-0.05, 0) is 43.7 Å². The Bertz CT molecular complexity index is 1160. The lowest BCUT2D eigenvalue weighted by Crippen LogP contribution is -2.22. The van der Waals surface area contributed by atoms with E-state index in [0.717, 1.165) is 11.3 Å². The number of hydrogen-bond acceptors (Lipinski definition) is 8. The molecule has 2 heterocycles. The summed E-state index contributed by atoms with van der Waals surface area (Å²) in [6, 6.07) is 13.5. The van der Waals surface area contributed by atoms with Crippen molar-refractivity contribution >= 4 is 45.8 Å². The molecule has 10 heteroatoms. The van der Waals surface area contributed by atoms with Gasteiger partial charge in [0.15, 0.2) is 6.61 Å². The van der Waals surface area contributed by atoms with Gasteiger partial charge in [-0.3, -0.25) is 9.59 Å². The molecule has 9 nitrogen and oxygen atoms in total. The van der Waals surface area contributed by atoms with E-state index in [1.807, 2.05) is 6.07 Å². The third-order valence-electron chi connectivity index (χ3n) is 4.33. The largest absolute Gasteiger partial charge is 0.462 e. The predicted molar refractivity (Wildman–Crippen MR) is 123 cm³/mol. The van der Waals surface area contributed by atoms with Gasteiger partial charge in [0.05, 0.1) is 17.0 Å². The van der Waals surface area contributed by atoms with Crippen LogP contribution in [0.25, 0.3) is 0 Å². The fourth-order valence-electron chi connectivity index (χ4n) is 2.83. The van der Waals surface area contributed by atoms with Gasteiger partial charge < -0.3 is 20.1 Å². The summed E-state index contributed by atoms with van der Waals surface area (Å²) in [6.45, 7) is 2.77. The van der Waals surface area contributed by atoms with Crippen molar-refractivity contribution in [2.45, 2.75) is 13.8 Å². The summed E-state index contributed by atoms with van der Waals surface area (Å²) in [5.74, 6) is -2.55. The van der Waals surface area contributed by atoms with E-state index in [2.05, 4.69) is 15.6 Å². The van der Waals surface area contributed by atoms with Crippen molar-refractivity contribution in [2.75, 3.05) is 23.8 Å². The number of amides is 2. The number of esters is 2. The Labute approximate surface area is 193 Å². The normalized spacial score (nSPS) is 10.2. The number of pyridine rings is 1. The number of carbonyl (C=O) groups excluding carboxylic acids is 4. The van der Waals surface area contributed by atoms with Crippen LogP contribution in [0.2, 0.25) is 0 Å². The quantitative estimate of drug-likeness (QED) is 0.484. The summed E-state index contributed by atoms with van der Waals surface area (Å²) in [5, 5.41) is 5.42. The Morgan fingerprint density at radius 2 is 1.67 bits per heavy atom. The molecule has 0 spiro atoms. The number of hydrogen-bond donors (Lipinski definition) is 2. The molecule has 1 aromatic carbocycles. The van der Waals surface area contributed by atoms with E-state index in [1.165, 1.54) is 12.3 Å². The van der Waals surface area contributed by atoms with Crippen LogP contribution in [0.15, 0.2) is 54.7 Å². The van der Waals surface area contributed by atoms with Crippen molar-refractivity contribution in [3.05, 3.63) is 76.4 Å². The number of rotatable bonds is 8. The summed E-state index contributed by atoms with van der Waals surface area (Å²) < 4.78 is 10.1. The van der Waals surface area contributed by atoms with Crippen LogP contribution in [0.1, 0.15) is 43.0 Å². The second-order valence-corrected chi connectivity index (χ2v) is 7.66. The molecule has 0 aliphatic carbocycles. The van der Waals surface area contributed by atoms with Crippen LogP contribution >= 0.6 is 11.3 Å². The van der Waals surface area contributed by atoms with Gasteiger partial charge in [0, 0.05) is 11.9 Å². The molecule has 2 N–H and O–H groups in total. The second-order valence-electron chi connectivity index (χ2n) is 6.64. The van der Waals surface area contributed by atoms with E-state index in [0.29, 0.717) is 11.3 Å². The monoisotopic (exact) mass is 467 g/mol. The molecule has 170 valence electrons. The van der Waals surface area contributed by atoms with Crippen molar-refractivity contribution < 1.29 is 28.7 Å². The molecule has 0 radical (unpaired) electrons. The highest BCUT2D eigenvalue weighted by Gasteiger charge is 2.27. The fourth-order valence-corrected chi connectivity index (χ4v) is 3.93. The highest BCUT2D eigenvalue weighted by atomic mass is 32.1. The van der Waals surface area contributed by atoms with Gasteiger partial charge in [0.2, 0.25) is 0 Å². The van der Waals surface area contributed by atoms with Crippen LogP contribution in [-0.4, -0.2) is 42.0 Å². The second kappa shape index (κ2) is 11.0. The van der Waals surface area contributed by atoms with Crippen molar-refractivity contribution in [1.29, 1.82) is 0 Å². The molecule has 0 aliphatic heterocycles. The zero-order valence-electron chi connectivity index (χ0n) is 17.9. The standard InChI is InChI=1S/C23H21N3O6S/c1-3-31-23(30)18-14(2)19(20(28)25-15-9-5-4-6-10-15)33-21(18)26-17(27)13-32-22(29)16-11-7-8-12-24-16/h4-12H,3,13H2,1-2H3,(H,25,28)(H,26,27). The van der Waals surface area contributed by atoms with Gasteiger partial charge >= 0.3 is 11.9 Å². The number of ether oxygens (including phenoxy) is 2. The molecule has 3 rings (SSSR count). The maximum absolute atomic E-state index is 12.8. The minimum Gasteiger partial charge on any atom is -0.462 e. The number of thiophene rings is 1. The molecular formula is C23H21N3O6S. The number of nitrogens with zero attached hydrogens (tertiary/aromatic N) is 1. The summed E-state index contributed by atoms with van der Waals surface area (Å²) in [7, 11) is 0. The summed E-state index contributed by atoms with van der Waals surface area (Å²) in [5.41, 5.74) is 1.08.